The van der Waals surface area contributed by atoms with Crippen LogP contribution in [0.5, 0.6) is 5.75 Å². The summed E-state index contributed by atoms with van der Waals surface area (Å²) >= 11 is 0. The third-order valence-electron chi connectivity index (χ3n) is 4.48. The largest absolute Gasteiger partial charge is 0.494 e. The van der Waals surface area contributed by atoms with Gasteiger partial charge in [-0.05, 0) is 41.7 Å². The maximum absolute atomic E-state index is 12.1. The van der Waals surface area contributed by atoms with Gasteiger partial charge in [-0.15, -0.1) is 0 Å². The van der Waals surface area contributed by atoms with Gasteiger partial charge < -0.3 is 15.4 Å². The Hall–Kier alpha value is -3.08. The van der Waals surface area contributed by atoms with Gasteiger partial charge in [0.2, 0.25) is 0 Å². The first kappa shape index (κ1) is 19.7. The molecule has 0 saturated heterocycles. The molecule has 0 radical (unpaired) electrons. The van der Waals surface area contributed by atoms with Crippen LogP contribution in [0.15, 0.2) is 60.8 Å². The van der Waals surface area contributed by atoms with E-state index in [4.69, 9.17) is 4.74 Å². The van der Waals surface area contributed by atoms with E-state index in [0.717, 1.165) is 23.1 Å². The zero-order valence-corrected chi connectivity index (χ0v) is 16.7. The Morgan fingerprint density at radius 1 is 1.04 bits per heavy atom. The highest BCUT2D eigenvalue weighted by atomic mass is 16.5. The number of fused-ring (bicyclic) bond motifs is 1. The van der Waals surface area contributed by atoms with E-state index in [1.807, 2.05) is 42.5 Å². The summed E-state index contributed by atoms with van der Waals surface area (Å²) in [6.45, 7) is 7.64. The van der Waals surface area contributed by atoms with Gasteiger partial charge in [0.25, 0.3) is 0 Å². The van der Waals surface area contributed by atoms with Crippen molar-refractivity contribution < 1.29 is 9.53 Å². The topological polar surface area (TPSA) is 63.2 Å². The van der Waals surface area contributed by atoms with Crippen molar-refractivity contribution in [2.75, 3.05) is 18.5 Å². The molecular formula is C23H27N3O2. The van der Waals surface area contributed by atoms with Crippen molar-refractivity contribution >= 4 is 22.6 Å². The first-order chi connectivity index (χ1) is 13.4. The highest BCUT2D eigenvalue weighted by Crippen LogP contribution is 2.24. The first-order valence-electron chi connectivity index (χ1n) is 9.55. The van der Waals surface area contributed by atoms with Crippen molar-refractivity contribution in [2.45, 2.75) is 32.6 Å². The minimum atomic E-state index is -0.243. The predicted molar refractivity (Wildman–Crippen MR) is 114 cm³/mol. The van der Waals surface area contributed by atoms with Gasteiger partial charge in [0.05, 0.1) is 17.8 Å². The number of carbonyl (C=O) groups excluding carboxylic acids is 1. The normalized spacial score (nSPS) is 11.2. The van der Waals surface area contributed by atoms with E-state index in [2.05, 4.69) is 48.5 Å². The maximum Gasteiger partial charge on any atom is 0.319 e. The summed E-state index contributed by atoms with van der Waals surface area (Å²) in [4.78, 5) is 16.5. The summed E-state index contributed by atoms with van der Waals surface area (Å²) < 4.78 is 5.75. The van der Waals surface area contributed by atoms with Gasteiger partial charge in [-0.1, -0.05) is 51.1 Å². The second-order valence-corrected chi connectivity index (χ2v) is 7.74. The van der Waals surface area contributed by atoms with Crippen LogP contribution < -0.4 is 15.4 Å². The highest BCUT2D eigenvalue weighted by molar-refractivity contribution is 5.99. The molecule has 1 heterocycles. The molecule has 0 fully saturated rings. The van der Waals surface area contributed by atoms with Gasteiger partial charge in [-0.2, -0.15) is 0 Å². The Bertz CT molecular complexity index is 925. The second-order valence-electron chi connectivity index (χ2n) is 7.74. The van der Waals surface area contributed by atoms with Crippen molar-refractivity contribution in [1.82, 2.24) is 10.3 Å². The molecule has 3 aromatic rings. The molecule has 146 valence electrons. The average molecular weight is 377 g/mol. The number of para-hydroxylation sites is 1. The molecule has 3 rings (SSSR count). The van der Waals surface area contributed by atoms with E-state index in [1.165, 1.54) is 5.56 Å². The maximum atomic E-state index is 12.1. The van der Waals surface area contributed by atoms with Crippen LogP contribution in [0.4, 0.5) is 10.5 Å². The fourth-order valence-electron chi connectivity index (χ4n) is 2.89. The number of rotatable bonds is 6. The van der Waals surface area contributed by atoms with Gasteiger partial charge in [0.15, 0.2) is 0 Å². The lowest BCUT2D eigenvalue weighted by Crippen LogP contribution is -2.30. The summed E-state index contributed by atoms with van der Waals surface area (Å²) in [5.41, 5.74) is 2.89. The minimum Gasteiger partial charge on any atom is -0.494 e. The van der Waals surface area contributed by atoms with Crippen LogP contribution in [0.3, 0.4) is 0 Å². The number of hydrogen-bond acceptors (Lipinski definition) is 3. The zero-order chi connectivity index (χ0) is 20.0. The molecule has 0 unspecified atom stereocenters. The van der Waals surface area contributed by atoms with E-state index >= 15 is 0 Å². The summed E-state index contributed by atoms with van der Waals surface area (Å²) in [5, 5.41) is 6.71. The lowest BCUT2D eigenvalue weighted by molar-refractivity contribution is 0.250. The smallest absolute Gasteiger partial charge is 0.319 e. The number of urea groups is 1. The molecule has 0 aliphatic rings. The molecule has 0 atom stereocenters. The SMILES string of the molecule is CC(C)(C)c1ccc(OCCCNC(=O)Nc2cccc3cccnc23)cc1. The lowest BCUT2D eigenvalue weighted by Gasteiger charge is -2.19. The lowest BCUT2D eigenvalue weighted by atomic mass is 9.87. The second kappa shape index (κ2) is 8.74. The van der Waals surface area contributed by atoms with Crippen LogP contribution in [0.2, 0.25) is 0 Å². The van der Waals surface area contributed by atoms with Gasteiger partial charge in [0, 0.05) is 18.1 Å². The molecule has 0 bridgehead atoms. The molecule has 2 amide bonds. The predicted octanol–water partition coefficient (Wildman–Crippen LogP) is 5.12. The summed E-state index contributed by atoms with van der Waals surface area (Å²) in [5.74, 6) is 0.847. The minimum absolute atomic E-state index is 0.134. The average Bonchev–Trinajstić information content (AvgIpc) is 2.68. The fraction of sp³-hybridized carbons (Fsp3) is 0.304. The van der Waals surface area contributed by atoms with E-state index in [-0.39, 0.29) is 11.4 Å². The van der Waals surface area contributed by atoms with Crippen molar-refractivity contribution in [3.63, 3.8) is 0 Å². The molecule has 0 aliphatic heterocycles. The Morgan fingerprint density at radius 3 is 2.54 bits per heavy atom. The molecule has 2 N–H and O–H groups in total. The van der Waals surface area contributed by atoms with E-state index < -0.39 is 0 Å². The van der Waals surface area contributed by atoms with Crippen molar-refractivity contribution in [2.24, 2.45) is 0 Å². The van der Waals surface area contributed by atoms with Gasteiger partial charge in [-0.3, -0.25) is 4.98 Å². The number of aromatic nitrogens is 1. The molecule has 0 saturated carbocycles. The fourth-order valence-corrected chi connectivity index (χ4v) is 2.89. The number of nitrogens with one attached hydrogen (secondary N) is 2. The number of nitrogens with zero attached hydrogens (tertiary/aromatic N) is 1. The molecule has 0 spiro atoms. The highest BCUT2D eigenvalue weighted by Gasteiger charge is 2.13. The van der Waals surface area contributed by atoms with Crippen molar-refractivity contribution in [3.05, 3.63) is 66.4 Å². The first-order valence-corrected chi connectivity index (χ1v) is 9.55. The van der Waals surface area contributed by atoms with Crippen LogP contribution in [0.1, 0.15) is 32.8 Å². The molecular weight excluding hydrogens is 350 g/mol. The number of pyridine rings is 1. The van der Waals surface area contributed by atoms with Crippen LogP contribution in [-0.4, -0.2) is 24.2 Å². The van der Waals surface area contributed by atoms with Crippen LogP contribution >= 0.6 is 0 Å². The summed E-state index contributed by atoms with van der Waals surface area (Å²) in [7, 11) is 0. The summed E-state index contributed by atoms with van der Waals surface area (Å²) in [6.07, 6.45) is 2.44. The third kappa shape index (κ3) is 5.22. The summed E-state index contributed by atoms with van der Waals surface area (Å²) in [6, 6.07) is 17.5. The number of hydrogen-bond donors (Lipinski definition) is 2. The number of carbonyl (C=O) groups is 1. The number of amides is 2. The van der Waals surface area contributed by atoms with Crippen LogP contribution in [0.25, 0.3) is 10.9 Å². The zero-order valence-electron chi connectivity index (χ0n) is 16.7. The molecule has 2 aromatic carbocycles. The van der Waals surface area contributed by atoms with Crippen molar-refractivity contribution in [3.8, 4) is 5.75 Å². The van der Waals surface area contributed by atoms with Crippen molar-refractivity contribution in [1.29, 1.82) is 0 Å². The molecule has 1 aromatic heterocycles. The van der Waals surface area contributed by atoms with E-state index in [1.54, 1.807) is 6.20 Å². The Morgan fingerprint density at radius 2 is 1.79 bits per heavy atom. The van der Waals surface area contributed by atoms with Gasteiger partial charge in [0.1, 0.15) is 5.75 Å². The molecule has 5 nitrogen and oxygen atoms in total. The third-order valence-corrected chi connectivity index (χ3v) is 4.48. The van der Waals surface area contributed by atoms with Gasteiger partial charge in [-0.25, -0.2) is 4.79 Å². The Kier molecular flexibility index (Phi) is 6.14. The monoisotopic (exact) mass is 377 g/mol. The van der Waals surface area contributed by atoms with E-state index in [9.17, 15) is 4.79 Å². The molecule has 5 heteroatoms. The molecule has 0 aliphatic carbocycles. The Labute approximate surface area is 166 Å². The quantitative estimate of drug-likeness (QED) is 0.586. The standard InChI is InChI=1S/C23H27N3O2/c1-23(2,3)18-10-12-19(13-11-18)28-16-6-15-25-22(27)26-20-9-4-7-17-8-5-14-24-21(17)20/h4-5,7-14H,6,15-16H2,1-3H3,(H2,25,26,27). The van der Waals surface area contributed by atoms with E-state index in [0.29, 0.717) is 18.8 Å². The number of ether oxygens (including phenoxy) is 1. The number of anilines is 1. The van der Waals surface area contributed by atoms with Crippen LogP contribution in [0, 0.1) is 0 Å². The van der Waals surface area contributed by atoms with Crippen LogP contribution in [-0.2, 0) is 5.41 Å². The van der Waals surface area contributed by atoms with Gasteiger partial charge >= 0.3 is 6.03 Å². The molecule has 28 heavy (non-hydrogen) atoms. The Balaban J connectivity index is 1.41. The number of benzene rings is 2.